The molecule has 1 heteroatoms. The van der Waals surface area contributed by atoms with Gasteiger partial charge in [-0.15, -0.1) is 0 Å². The van der Waals surface area contributed by atoms with Crippen molar-refractivity contribution in [2.75, 3.05) is 6.61 Å². The topological polar surface area (TPSA) is 9.23 Å². The highest BCUT2D eigenvalue weighted by Gasteiger charge is 2.08. The molecule has 3 rings (SSSR count). The van der Waals surface area contributed by atoms with Gasteiger partial charge in [-0.2, -0.15) is 0 Å². The van der Waals surface area contributed by atoms with Crippen molar-refractivity contribution in [1.29, 1.82) is 0 Å². The van der Waals surface area contributed by atoms with E-state index in [0.717, 1.165) is 12.2 Å². The third-order valence-electron chi connectivity index (χ3n) is 2.79. The first-order valence-electron chi connectivity index (χ1n) is 5.23. The Morgan fingerprint density at radius 1 is 0.933 bits per heavy atom. The highest BCUT2D eigenvalue weighted by molar-refractivity contribution is 5.89. The summed E-state index contributed by atoms with van der Waals surface area (Å²) in [4.78, 5) is 0. The molecule has 0 atom stereocenters. The van der Waals surface area contributed by atoms with Crippen LogP contribution in [0.2, 0.25) is 0 Å². The van der Waals surface area contributed by atoms with Gasteiger partial charge in [0.05, 0.1) is 0 Å². The first kappa shape index (κ1) is 8.54. The number of rotatable bonds is 0. The van der Waals surface area contributed by atoms with E-state index in [2.05, 4.69) is 48.6 Å². The molecule has 0 bridgehead atoms. The average molecular weight is 196 g/mol. The molecule has 0 radical (unpaired) electrons. The van der Waals surface area contributed by atoms with Crippen LogP contribution in [-0.2, 0) is 6.42 Å². The smallest absolute Gasteiger partial charge is 0.131 e. The molecule has 0 aromatic heterocycles. The van der Waals surface area contributed by atoms with Crippen molar-refractivity contribution in [3.8, 4) is 5.75 Å². The van der Waals surface area contributed by atoms with E-state index in [-0.39, 0.29) is 0 Å². The molecule has 74 valence electrons. The number of ether oxygens (including phenoxy) is 1. The molecular weight excluding hydrogens is 184 g/mol. The van der Waals surface area contributed by atoms with Crippen molar-refractivity contribution >= 4 is 10.8 Å². The first-order chi connectivity index (χ1) is 7.45. The van der Waals surface area contributed by atoms with Crippen LogP contribution in [0.3, 0.4) is 0 Å². The lowest BCUT2D eigenvalue weighted by molar-refractivity contribution is 0.367. The fraction of sp³-hybridized carbons (Fsp3) is 0.143. The molecule has 1 nitrogen and oxygen atoms in total. The van der Waals surface area contributed by atoms with Crippen molar-refractivity contribution in [2.24, 2.45) is 0 Å². The van der Waals surface area contributed by atoms with E-state index in [1.807, 2.05) is 0 Å². The van der Waals surface area contributed by atoms with E-state index < -0.39 is 0 Å². The third kappa shape index (κ3) is 1.40. The van der Waals surface area contributed by atoms with Crippen LogP contribution in [0.5, 0.6) is 5.75 Å². The average Bonchev–Trinajstić information content (AvgIpc) is 2.54. The molecule has 1 aliphatic rings. The fourth-order valence-corrected chi connectivity index (χ4v) is 2.03. The van der Waals surface area contributed by atoms with Gasteiger partial charge >= 0.3 is 0 Å². The number of hydrogen-bond donors (Lipinski definition) is 0. The highest BCUT2D eigenvalue weighted by atomic mass is 16.5. The minimum Gasteiger partial charge on any atom is -0.489 e. The Kier molecular flexibility index (Phi) is 1.95. The van der Waals surface area contributed by atoms with Crippen molar-refractivity contribution in [1.82, 2.24) is 0 Å². The normalized spacial score (nSPS) is 14.4. The quantitative estimate of drug-likeness (QED) is 0.587. The zero-order valence-corrected chi connectivity index (χ0v) is 8.44. The lowest BCUT2D eigenvalue weighted by atomic mass is 10.0. The lowest BCUT2D eigenvalue weighted by Gasteiger charge is -2.10. The largest absolute Gasteiger partial charge is 0.489 e. The predicted octanol–water partition coefficient (Wildman–Crippen LogP) is 3.33. The standard InChI is InChI=1S/C14H12O/c1-2-7-13-11(5-1)8-9-12-6-3-4-10-15-14(12)13/h1-5,7-9H,6,10H2. The Morgan fingerprint density at radius 2 is 1.87 bits per heavy atom. The molecule has 2 aromatic carbocycles. The van der Waals surface area contributed by atoms with E-state index in [9.17, 15) is 0 Å². The minimum absolute atomic E-state index is 0.682. The summed E-state index contributed by atoms with van der Waals surface area (Å²) in [5.41, 5.74) is 1.28. The summed E-state index contributed by atoms with van der Waals surface area (Å²) in [7, 11) is 0. The van der Waals surface area contributed by atoms with Crippen molar-refractivity contribution in [3.63, 3.8) is 0 Å². The van der Waals surface area contributed by atoms with Gasteiger partial charge in [-0.05, 0) is 17.4 Å². The van der Waals surface area contributed by atoms with Gasteiger partial charge in [0.15, 0.2) is 0 Å². The Balaban J connectivity index is 2.29. The molecule has 0 fully saturated rings. The van der Waals surface area contributed by atoms with Crippen LogP contribution in [0.1, 0.15) is 5.56 Å². The minimum atomic E-state index is 0.682. The molecule has 0 unspecified atom stereocenters. The van der Waals surface area contributed by atoms with Gasteiger partial charge in [0, 0.05) is 5.39 Å². The summed E-state index contributed by atoms with van der Waals surface area (Å²) in [6.07, 6.45) is 5.22. The van der Waals surface area contributed by atoms with Crippen LogP contribution >= 0.6 is 0 Å². The Hall–Kier alpha value is -1.76. The number of benzene rings is 2. The summed E-state index contributed by atoms with van der Waals surface area (Å²) in [6, 6.07) is 12.7. The highest BCUT2D eigenvalue weighted by Crippen LogP contribution is 2.31. The molecule has 0 saturated carbocycles. The van der Waals surface area contributed by atoms with Crippen LogP contribution in [0.15, 0.2) is 48.6 Å². The molecule has 15 heavy (non-hydrogen) atoms. The molecule has 0 aliphatic carbocycles. The Bertz CT molecular complexity index is 526. The zero-order valence-electron chi connectivity index (χ0n) is 8.44. The maximum Gasteiger partial charge on any atom is 0.131 e. The van der Waals surface area contributed by atoms with Gasteiger partial charge in [0.2, 0.25) is 0 Å². The monoisotopic (exact) mass is 196 g/mol. The van der Waals surface area contributed by atoms with Gasteiger partial charge in [0.25, 0.3) is 0 Å². The van der Waals surface area contributed by atoms with Crippen LogP contribution in [0, 0.1) is 0 Å². The van der Waals surface area contributed by atoms with Crippen LogP contribution in [0.4, 0.5) is 0 Å². The lowest BCUT2D eigenvalue weighted by Crippen LogP contribution is -1.95. The van der Waals surface area contributed by atoms with E-state index in [1.165, 1.54) is 16.3 Å². The second-order valence-corrected chi connectivity index (χ2v) is 3.76. The van der Waals surface area contributed by atoms with E-state index in [1.54, 1.807) is 0 Å². The van der Waals surface area contributed by atoms with Crippen molar-refractivity contribution in [2.45, 2.75) is 6.42 Å². The van der Waals surface area contributed by atoms with Crippen LogP contribution < -0.4 is 4.74 Å². The molecular formula is C14H12O. The summed E-state index contributed by atoms with van der Waals surface area (Å²) in [5, 5.41) is 2.47. The van der Waals surface area contributed by atoms with E-state index in [0.29, 0.717) is 6.61 Å². The molecule has 0 spiro atoms. The predicted molar refractivity (Wildman–Crippen MR) is 62.3 cm³/mol. The maximum atomic E-state index is 5.77. The second-order valence-electron chi connectivity index (χ2n) is 3.76. The SMILES string of the molecule is C1=CCc2ccc3ccccc3c2OC1. The van der Waals surface area contributed by atoms with Crippen LogP contribution in [-0.4, -0.2) is 6.61 Å². The molecule has 1 heterocycles. The maximum absolute atomic E-state index is 5.77. The molecule has 2 aromatic rings. The third-order valence-corrected chi connectivity index (χ3v) is 2.79. The molecule has 1 aliphatic heterocycles. The van der Waals surface area contributed by atoms with Gasteiger partial charge in [0.1, 0.15) is 12.4 Å². The van der Waals surface area contributed by atoms with Crippen LogP contribution in [0.25, 0.3) is 10.8 Å². The molecule has 0 amide bonds. The van der Waals surface area contributed by atoms with Crippen molar-refractivity contribution in [3.05, 3.63) is 54.1 Å². The summed E-state index contributed by atoms with van der Waals surface area (Å²) < 4.78 is 5.77. The number of allylic oxidation sites excluding steroid dienone is 1. The zero-order chi connectivity index (χ0) is 10.1. The van der Waals surface area contributed by atoms with E-state index in [4.69, 9.17) is 4.74 Å². The number of fused-ring (bicyclic) bond motifs is 3. The van der Waals surface area contributed by atoms with Gasteiger partial charge < -0.3 is 4.74 Å². The fourth-order valence-electron chi connectivity index (χ4n) is 2.03. The van der Waals surface area contributed by atoms with Gasteiger partial charge in [-0.1, -0.05) is 48.6 Å². The van der Waals surface area contributed by atoms with E-state index >= 15 is 0 Å². The molecule has 0 saturated heterocycles. The first-order valence-corrected chi connectivity index (χ1v) is 5.23. The van der Waals surface area contributed by atoms with Crippen molar-refractivity contribution < 1.29 is 4.74 Å². The second kappa shape index (κ2) is 3.43. The Morgan fingerprint density at radius 3 is 2.87 bits per heavy atom. The molecule has 0 N–H and O–H groups in total. The summed E-state index contributed by atoms with van der Waals surface area (Å²) in [5.74, 6) is 1.05. The number of hydrogen-bond acceptors (Lipinski definition) is 1. The summed E-state index contributed by atoms with van der Waals surface area (Å²) in [6.45, 7) is 0.682. The van der Waals surface area contributed by atoms with Gasteiger partial charge in [-0.25, -0.2) is 0 Å². The summed E-state index contributed by atoms with van der Waals surface area (Å²) >= 11 is 0. The Labute approximate surface area is 89.0 Å². The van der Waals surface area contributed by atoms with Gasteiger partial charge in [-0.3, -0.25) is 0 Å².